The first-order valence-corrected chi connectivity index (χ1v) is 10.8. The van der Waals surface area contributed by atoms with Crippen molar-refractivity contribution >= 4 is 9.84 Å². The Morgan fingerprint density at radius 2 is 1.88 bits per heavy atom. The highest BCUT2D eigenvalue weighted by Gasteiger charge is 2.36. The molecule has 0 saturated carbocycles. The molecule has 0 aromatic heterocycles. The first-order chi connectivity index (χ1) is 12.0. The van der Waals surface area contributed by atoms with Crippen molar-refractivity contribution in [1.82, 2.24) is 10.2 Å². The number of nitrogens with one attached hydrogen (secondary N) is 1. The van der Waals surface area contributed by atoms with Crippen molar-refractivity contribution < 1.29 is 18.3 Å². The van der Waals surface area contributed by atoms with Crippen molar-refractivity contribution in [2.75, 3.05) is 38.2 Å². The van der Waals surface area contributed by atoms with Crippen LogP contribution in [0.2, 0.25) is 0 Å². The number of aliphatic hydroxyl groups is 1. The van der Waals surface area contributed by atoms with E-state index < -0.39 is 15.9 Å². The van der Waals surface area contributed by atoms with E-state index >= 15 is 0 Å². The van der Waals surface area contributed by atoms with E-state index in [0.717, 1.165) is 18.8 Å². The number of methoxy groups -OCH3 is 1. The maximum Gasteiger partial charge on any atom is 0.154 e. The predicted octanol–water partition coefficient (Wildman–Crippen LogP) is 0.970. The van der Waals surface area contributed by atoms with Crippen molar-refractivity contribution in [3.63, 3.8) is 0 Å². The summed E-state index contributed by atoms with van der Waals surface area (Å²) in [6, 6.07) is 7.85. The Balaban J connectivity index is 1.71. The van der Waals surface area contributed by atoms with Crippen LogP contribution in [0.1, 0.15) is 30.9 Å². The summed E-state index contributed by atoms with van der Waals surface area (Å²) in [5.41, 5.74) is 1.19. The number of hydrogen-bond acceptors (Lipinski definition) is 6. The van der Waals surface area contributed by atoms with Crippen molar-refractivity contribution in [2.24, 2.45) is 0 Å². The Hall–Kier alpha value is -1.15. The molecule has 140 valence electrons. The number of aliphatic hydroxyl groups excluding tert-OH is 1. The lowest BCUT2D eigenvalue weighted by molar-refractivity contribution is 0.135. The molecule has 1 aromatic carbocycles. The lowest BCUT2D eigenvalue weighted by atomic mass is 10.0. The summed E-state index contributed by atoms with van der Waals surface area (Å²) in [6.45, 7) is 2.72. The van der Waals surface area contributed by atoms with Gasteiger partial charge in [-0.05, 0) is 43.6 Å². The van der Waals surface area contributed by atoms with Crippen molar-refractivity contribution in [3.8, 4) is 5.75 Å². The molecule has 0 amide bonds. The third-order valence-electron chi connectivity index (χ3n) is 5.23. The first-order valence-electron chi connectivity index (χ1n) is 8.98. The molecule has 3 rings (SSSR count). The number of benzene rings is 1. The Morgan fingerprint density at radius 1 is 1.20 bits per heavy atom. The van der Waals surface area contributed by atoms with Crippen LogP contribution in [0, 0.1) is 0 Å². The van der Waals surface area contributed by atoms with Gasteiger partial charge in [-0.15, -0.1) is 0 Å². The second kappa shape index (κ2) is 8.03. The summed E-state index contributed by atoms with van der Waals surface area (Å²) < 4.78 is 28.7. The smallest absolute Gasteiger partial charge is 0.154 e. The fourth-order valence-corrected chi connectivity index (χ4v) is 5.58. The van der Waals surface area contributed by atoms with Crippen LogP contribution in [-0.4, -0.2) is 68.8 Å². The van der Waals surface area contributed by atoms with Gasteiger partial charge in [0, 0.05) is 18.6 Å². The summed E-state index contributed by atoms with van der Waals surface area (Å²) in [5.74, 6) is 0.705. The molecule has 2 aliphatic rings. The minimum atomic E-state index is -3.13. The number of piperidine rings is 1. The largest absolute Gasteiger partial charge is 0.497 e. The molecule has 2 aliphatic heterocycles. The van der Waals surface area contributed by atoms with E-state index in [0.29, 0.717) is 6.54 Å². The van der Waals surface area contributed by atoms with E-state index in [1.807, 2.05) is 12.1 Å². The van der Waals surface area contributed by atoms with E-state index in [9.17, 15) is 13.5 Å². The van der Waals surface area contributed by atoms with E-state index in [-0.39, 0.29) is 23.6 Å². The average Bonchev–Trinajstić information content (AvgIpc) is 2.88. The van der Waals surface area contributed by atoms with Gasteiger partial charge in [0.25, 0.3) is 0 Å². The topological polar surface area (TPSA) is 78.9 Å². The molecule has 2 saturated heterocycles. The van der Waals surface area contributed by atoms with Crippen LogP contribution in [-0.2, 0) is 9.84 Å². The SMILES string of the molecule is COc1ccc(C(CNC2CS(=O)(=O)CC2O)N2CCCCC2)cc1. The highest BCUT2D eigenvalue weighted by molar-refractivity contribution is 7.91. The van der Waals surface area contributed by atoms with Crippen LogP contribution in [0.3, 0.4) is 0 Å². The van der Waals surface area contributed by atoms with Crippen LogP contribution < -0.4 is 10.1 Å². The maximum absolute atomic E-state index is 11.7. The highest BCUT2D eigenvalue weighted by atomic mass is 32.2. The molecule has 3 atom stereocenters. The van der Waals surface area contributed by atoms with Crippen molar-refractivity contribution in [1.29, 1.82) is 0 Å². The Labute approximate surface area is 150 Å². The second-order valence-corrected chi connectivity index (χ2v) is 9.20. The maximum atomic E-state index is 11.7. The standard InChI is InChI=1S/C18H28N2O4S/c1-24-15-7-5-14(6-8-15)17(20-9-3-2-4-10-20)11-19-16-12-25(22,23)13-18(16)21/h5-8,16-19,21H,2-4,9-13H2,1H3. The molecule has 2 N–H and O–H groups in total. The summed E-state index contributed by atoms with van der Waals surface area (Å²) in [5, 5.41) is 13.3. The van der Waals surface area contributed by atoms with Gasteiger partial charge in [-0.1, -0.05) is 18.6 Å². The lowest BCUT2D eigenvalue weighted by Crippen LogP contribution is -2.45. The summed E-state index contributed by atoms with van der Waals surface area (Å²) in [7, 11) is -1.48. The van der Waals surface area contributed by atoms with E-state index in [1.165, 1.54) is 24.8 Å². The minimum absolute atomic E-state index is 0.0174. The molecule has 3 unspecified atom stereocenters. The van der Waals surface area contributed by atoms with Crippen molar-refractivity contribution in [3.05, 3.63) is 29.8 Å². The molecule has 7 heteroatoms. The number of rotatable bonds is 6. The van der Waals surface area contributed by atoms with E-state index in [4.69, 9.17) is 4.74 Å². The van der Waals surface area contributed by atoms with Crippen LogP contribution in [0.15, 0.2) is 24.3 Å². The zero-order valence-electron chi connectivity index (χ0n) is 14.7. The molecule has 25 heavy (non-hydrogen) atoms. The zero-order chi connectivity index (χ0) is 17.9. The monoisotopic (exact) mass is 368 g/mol. The molecule has 0 radical (unpaired) electrons. The molecule has 2 heterocycles. The van der Waals surface area contributed by atoms with Crippen LogP contribution in [0.4, 0.5) is 0 Å². The third-order valence-corrected chi connectivity index (χ3v) is 6.94. The first kappa shape index (κ1) is 18.6. The summed E-state index contributed by atoms with van der Waals surface area (Å²) in [4.78, 5) is 2.45. The van der Waals surface area contributed by atoms with E-state index in [1.54, 1.807) is 7.11 Å². The molecule has 0 spiro atoms. The molecule has 0 bridgehead atoms. The van der Waals surface area contributed by atoms with Gasteiger partial charge < -0.3 is 15.2 Å². The van der Waals surface area contributed by atoms with Gasteiger partial charge in [0.15, 0.2) is 9.84 Å². The average molecular weight is 368 g/mol. The Kier molecular flexibility index (Phi) is 5.99. The Bertz CT molecular complexity index is 656. The van der Waals surface area contributed by atoms with Crippen LogP contribution in [0.5, 0.6) is 5.75 Å². The van der Waals surface area contributed by atoms with Gasteiger partial charge >= 0.3 is 0 Å². The molecule has 1 aromatic rings. The molecular formula is C18H28N2O4S. The van der Waals surface area contributed by atoms with Gasteiger partial charge in [0.05, 0.1) is 24.7 Å². The minimum Gasteiger partial charge on any atom is -0.497 e. The molecular weight excluding hydrogens is 340 g/mol. The quantitative estimate of drug-likeness (QED) is 0.779. The number of nitrogens with zero attached hydrogens (tertiary/aromatic N) is 1. The number of hydrogen-bond donors (Lipinski definition) is 2. The van der Waals surface area contributed by atoms with Crippen LogP contribution in [0.25, 0.3) is 0 Å². The van der Waals surface area contributed by atoms with Gasteiger partial charge in [0.2, 0.25) is 0 Å². The van der Waals surface area contributed by atoms with Gasteiger partial charge in [-0.25, -0.2) is 8.42 Å². The third kappa shape index (κ3) is 4.73. The summed E-state index contributed by atoms with van der Waals surface area (Å²) >= 11 is 0. The van der Waals surface area contributed by atoms with Gasteiger partial charge in [0.1, 0.15) is 5.75 Å². The van der Waals surface area contributed by atoms with E-state index in [2.05, 4.69) is 22.3 Å². The van der Waals surface area contributed by atoms with Crippen LogP contribution >= 0.6 is 0 Å². The normalized spacial score (nSPS) is 27.9. The second-order valence-electron chi connectivity index (χ2n) is 7.04. The van der Waals surface area contributed by atoms with Gasteiger partial charge in [-0.3, -0.25) is 4.90 Å². The highest BCUT2D eigenvalue weighted by Crippen LogP contribution is 2.26. The molecule has 2 fully saturated rings. The lowest BCUT2D eigenvalue weighted by Gasteiger charge is -2.36. The molecule has 0 aliphatic carbocycles. The number of ether oxygens (including phenoxy) is 1. The van der Waals surface area contributed by atoms with Crippen molar-refractivity contribution in [2.45, 2.75) is 37.5 Å². The fraction of sp³-hybridized carbons (Fsp3) is 0.667. The number of likely N-dealkylation sites (tertiary alicyclic amines) is 1. The zero-order valence-corrected chi connectivity index (χ0v) is 15.5. The Morgan fingerprint density at radius 3 is 2.44 bits per heavy atom. The number of sulfone groups is 1. The molecule has 6 nitrogen and oxygen atoms in total. The summed E-state index contributed by atoms with van der Waals surface area (Å²) in [6.07, 6.45) is 2.82. The van der Waals surface area contributed by atoms with Gasteiger partial charge in [-0.2, -0.15) is 0 Å². The predicted molar refractivity (Wildman–Crippen MR) is 97.6 cm³/mol. The fourth-order valence-electron chi connectivity index (χ4n) is 3.80.